The molecule has 1 heterocycles. The molecule has 0 radical (unpaired) electrons. The number of anilines is 2. The average molecular weight is 361 g/mol. The lowest BCUT2D eigenvalue weighted by Gasteiger charge is -2.22. The van der Waals surface area contributed by atoms with Crippen LogP contribution < -0.4 is 16.2 Å². The second kappa shape index (κ2) is 7.70. The van der Waals surface area contributed by atoms with Gasteiger partial charge in [-0.1, -0.05) is 63.2 Å². The number of hydrogen-bond acceptors (Lipinski definition) is 4. The highest BCUT2D eigenvalue weighted by Crippen LogP contribution is 2.31. The molecule has 0 unspecified atom stereocenters. The van der Waals surface area contributed by atoms with Crippen molar-refractivity contribution in [3.8, 4) is 5.75 Å². The van der Waals surface area contributed by atoms with E-state index < -0.39 is 0 Å². The van der Waals surface area contributed by atoms with Crippen LogP contribution in [0.4, 0.5) is 11.5 Å². The van der Waals surface area contributed by atoms with E-state index >= 15 is 0 Å². The number of nitrogen functional groups attached to an aromatic ring is 2. The summed E-state index contributed by atoms with van der Waals surface area (Å²) in [4.78, 5) is 4.06. The third-order valence-corrected chi connectivity index (χ3v) is 4.66. The molecule has 4 heteroatoms. The minimum atomic E-state index is 0.0511. The van der Waals surface area contributed by atoms with Gasteiger partial charge in [-0.15, -0.1) is 0 Å². The Morgan fingerprint density at radius 2 is 1.67 bits per heavy atom. The van der Waals surface area contributed by atoms with Gasteiger partial charge in [-0.2, -0.15) is 0 Å². The fraction of sp³-hybridized carbons (Fsp3) is 0.261. The van der Waals surface area contributed by atoms with Crippen LogP contribution in [0.3, 0.4) is 0 Å². The number of nitrogens with zero attached hydrogens (tertiary/aromatic N) is 1. The van der Waals surface area contributed by atoms with E-state index in [1.54, 1.807) is 6.20 Å². The first-order valence-electron chi connectivity index (χ1n) is 9.13. The fourth-order valence-corrected chi connectivity index (χ4v) is 2.95. The molecular formula is C23H27N3O. The normalized spacial score (nSPS) is 11.4. The average Bonchev–Trinajstić information content (AvgIpc) is 2.64. The third-order valence-electron chi connectivity index (χ3n) is 4.66. The molecular weight excluding hydrogens is 334 g/mol. The SMILES string of the molecule is CC(C)(C)c1ccc(OCc2ccccc2)c(Cc2ccnc(N)c2N)c1. The van der Waals surface area contributed by atoms with Gasteiger partial charge in [0.25, 0.3) is 0 Å². The summed E-state index contributed by atoms with van der Waals surface area (Å²) in [7, 11) is 0. The molecule has 0 aliphatic carbocycles. The van der Waals surface area contributed by atoms with Crippen LogP contribution in [0.2, 0.25) is 0 Å². The van der Waals surface area contributed by atoms with Crippen LogP contribution in [-0.2, 0) is 18.4 Å². The summed E-state index contributed by atoms with van der Waals surface area (Å²) < 4.78 is 6.15. The largest absolute Gasteiger partial charge is 0.489 e. The monoisotopic (exact) mass is 361 g/mol. The molecule has 0 atom stereocenters. The van der Waals surface area contributed by atoms with Crippen LogP contribution in [-0.4, -0.2) is 4.98 Å². The predicted octanol–water partition coefficient (Wildman–Crippen LogP) is 4.71. The van der Waals surface area contributed by atoms with Gasteiger partial charge in [0.05, 0.1) is 5.69 Å². The molecule has 3 aromatic rings. The van der Waals surface area contributed by atoms with Gasteiger partial charge in [-0.25, -0.2) is 4.98 Å². The highest BCUT2D eigenvalue weighted by molar-refractivity contribution is 5.64. The van der Waals surface area contributed by atoms with Crippen molar-refractivity contribution in [2.75, 3.05) is 11.5 Å². The number of benzene rings is 2. The lowest BCUT2D eigenvalue weighted by atomic mass is 9.85. The van der Waals surface area contributed by atoms with Crippen LogP contribution >= 0.6 is 0 Å². The van der Waals surface area contributed by atoms with Gasteiger partial charge in [0.2, 0.25) is 0 Å². The molecule has 0 amide bonds. The molecule has 2 aromatic carbocycles. The topological polar surface area (TPSA) is 74.2 Å². The molecule has 1 aromatic heterocycles. The van der Waals surface area contributed by atoms with E-state index in [0.29, 0.717) is 24.5 Å². The molecule has 140 valence electrons. The Morgan fingerprint density at radius 3 is 2.37 bits per heavy atom. The minimum Gasteiger partial charge on any atom is -0.489 e. The van der Waals surface area contributed by atoms with Gasteiger partial charge < -0.3 is 16.2 Å². The molecule has 0 spiro atoms. The van der Waals surface area contributed by atoms with Gasteiger partial charge in [-0.05, 0) is 39.8 Å². The van der Waals surface area contributed by atoms with E-state index in [4.69, 9.17) is 16.2 Å². The van der Waals surface area contributed by atoms with Crippen molar-refractivity contribution in [3.05, 3.63) is 83.0 Å². The number of ether oxygens (including phenoxy) is 1. The first kappa shape index (κ1) is 18.8. The Hall–Kier alpha value is -3.01. The van der Waals surface area contributed by atoms with E-state index in [1.807, 2.05) is 24.3 Å². The summed E-state index contributed by atoms with van der Waals surface area (Å²) in [6.07, 6.45) is 2.34. The Kier molecular flexibility index (Phi) is 5.36. The smallest absolute Gasteiger partial charge is 0.146 e. The first-order chi connectivity index (χ1) is 12.8. The molecule has 0 aliphatic rings. The fourth-order valence-electron chi connectivity index (χ4n) is 2.95. The standard InChI is InChI=1S/C23H27N3O/c1-23(2,3)19-9-10-20(27-15-16-7-5-4-6-8-16)18(14-19)13-17-11-12-26-22(25)21(17)24/h4-12,14H,13,15,24H2,1-3H3,(H2,25,26). The van der Waals surface area contributed by atoms with Crippen molar-refractivity contribution in [1.82, 2.24) is 4.98 Å². The molecule has 0 saturated carbocycles. The minimum absolute atomic E-state index is 0.0511. The molecule has 0 fully saturated rings. The first-order valence-corrected chi connectivity index (χ1v) is 9.13. The summed E-state index contributed by atoms with van der Waals surface area (Å²) in [5, 5.41) is 0. The summed E-state index contributed by atoms with van der Waals surface area (Å²) in [6.45, 7) is 7.14. The van der Waals surface area contributed by atoms with Crippen molar-refractivity contribution in [1.29, 1.82) is 0 Å². The second-order valence-electron chi connectivity index (χ2n) is 7.79. The number of pyridine rings is 1. The Balaban J connectivity index is 1.93. The van der Waals surface area contributed by atoms with Crippen LogP contribution in [0, 0.1) is 0 Å². The Morgan fingerprint density at radius 1 is 0.926 bits per heavy atom. The molecule has 0 aliphatic heterocycles. The summed E-state index contributed by atoms with van der Waals surface area (Å²) >= 11 is 0. The van der Waals surface area contributed by atoms with E-state index in [0.717, 1.165) is 22.4 Å². The molecule has 0 saturated heterocycles. The van der Waals surface area contributed by atoms with Crippen LogP contribution in [0.15, 0.2) is 60.8 Å². The highest BCUT2D eigenvalue weighted by atomic mass is 16.5. The van der Waals surface area contributed by atoms with Crippen molar-refractivity contribution in [3.63, 3.8) is 0 Å². The van der Waals surface area contributed by atoms with Crippen LogP contribution in [0.5, 0.6) is 5.75 Å². The molecule has 4 N–H and O–H groups in total. The van der Waals surface area contributed by atoms with E-state index in [1.165, 1.54) is 5.56 Å². The molecule has 4 nitrogen and oxygen atoms in total. The third kappa shape index (κ3) is 4.59. The van der Waals surface area contributed by atoms with Gasteiger partial charge in [0.15, 0.2) is 0 Å². The predicted molar refractivity (Wildman–Crippen MR) is 112 cm³/mol. The lowest BCUT2D eigenvalue weighted by Crippen LogP contribution is -2.12. The van der Waals surface area contributed by atoms with E-state index in [-0.39, 0.29) is 5.41 Å². The zero-order valence-electron chi connectivity index (χ0n) is 16.2. The second-order valence-corrected chi connectivity index (χ2v) is 7.79. The summed E-state index contributed by atoms with van der Waals surface area (Å²) in [5.41, 5.74) is 17.0. The summed E-state index contributed by atoms with van der Waals surface area (Å²) in [6, 6.07) is 18.5. The van der Waals surface area contributed by atoms with Gasteiger partial charge in [0.1, 0.15) is 18.2 Å². The number of aromatic nitrogens is 1. The van der Waals surface area contributed by atoms with Crippen LogP contribution in [0.25, 0.3) is 0 Å². The Bertz CT molecular complexity index is 915. The van der Waals surface area contributed by atoms with Gasteiger partial charge in [0, 0.05) is 12.6 Å². The molecule has 27 heavy (non-hydrogen) atoms. The van der Waals surface area contributed by atoms with Crippen molar-refractivity contribution >= 4 is 11.5 Å². The highest BCUT2D eigenvalue weighted by Gasteiger charge is 2.17. The number of rotatable bonds is 5. The van der Waals surface area contributed by atoms with Crippen molar-refractivity contribution in [2.45, 2.75) is 39.2 Å². The van der Waals surface area contributed by atoms with E-state index in [2.05, 4.69) is 56.1 Å². The molecule has 3 rings (SSSR count). The zero-order valence-corrected chi connectivity index (χ0v) is 16.2. The maximum absolute atomic E-state index is 6.15. The van der Waals surface area contributed by atoms with Crippen LogP contribution in [0.1, 0.15) is 43.0 Å². The maximum atomic E-state index is 6.15. The Labute approximate surface area is 161 Å². The zero-order chi connectivity index (χ0) is 19.4. The number of nitrogens with two attached hydrogens (primary N) is 2. The van der Waals surface area contributed by atoms with Gasteiger partial charge in [-0.3, -0.25) is 0 Å². The molecule has 0 bridgehead atoms. The number of hydrogen-bond donors (Lipinski definition) is 2. The van der Waals surface area contributed by atoms with Crippen molar-refractivity contribution in [2.24, 2.45) is 0 Å². The van der Waals surface area contributed by atoms with Crippen molar-refractivity contribution < 1.29 is 4.74 Å². The quantitative estimate of drug-likeness (QED) is 0.690. The van der Waals surface area contributed by atoms with Gasteiger partial charge >= 0.3 is 0 Å². The van der Waals surface area contributed by atoms with E-state index in [9.17, 15) is 0 Å². The summed E-state index contributed by atoms with van der Waals surface area (Å²) in [5.74, 6) is 1.23. The maximum Gasteiger partial charge on any atom is 0.146 e. The lowest BCUT2D eigenvalue weighted by molar-refractivity contribution is 0.303.